The van der Waals surface area contributed by atoms with Crippen LogP contribution in [0, 0.1) is 0 Å². The number of ether oxygens (including phenoxy) is 1. The molecular weight excluding hydrogens is 422 g/mol. The van der Waals surface area contributed by atoms with Gasteiger partial charge in [-0.2, -0.15) is 0 Å². The number of amides is 2. The summed E-state index contributed by atoms with van der Waals surface area (Å²) in [7, 11) is 0. The van der Waals surface area contributed by atoms with Crippen LogP contribution >= 0.6 is 11.3 Å². The minimum Gasteiger partial charge on any atom is -0.457 e. The van der Waals surface area contributed by atoms with Gasteiger partial charge in [-0.05, 0) is 55.0 Å². The molecule has 0 aliphatic rings. The number of rotatable bonds is 8. The summed E-state index contributed by atoms with van der Waals surface area (Å²) in [6.45, 7) is 0. The molecule has 0 fully saturated rings. The molecule has 0 saturated carbocycles. The van der Waals surface area contributed by atoms with Crippen LogP contribution < -0.4 is 15.4 Å². The number of hydrogen-bond acceptors (Lipinski definition) is 5. The highest BCUT2D eigenvalue weighted by atomic mass is 32.1. The van der Waals surface area contributed by atoms with Crippen LogP contribution in [0.1, 0.15) is 22.5 Å². The second kappa shape index (κ2) is 10.4. The Kier molecular flexibility index (Phi) is 6.89. The molecule has 6 nitrogen and oxygen atoms in total. The van der Waals surface area contributed by atoms with E-state index in [1.54, 1.807) is 24.3 Å². The third-order valence-corrected chi connectivity index (χ3v) is 5.34. The number of carbonyl (C=O) groups is 2. The fourth-order valence-corrected chi connectivity index (χ4v) is 3.67. The van der Waals surface area contributed by atoms with E-state index in [-0.39, 0.29) is 18.2 Å². The Hall–Kier alpha value is -3.97. The molecule has 4 aromatic rings. The van der Waals surface area contributed by atoms with Crippen LogP contribution in [-0.4, -0.2) is 16.8 Å². The third kappa shape index (κ3) is 6.02. The molecule has 2 amide bonds. The van der Waals surface area contributed by atoms with Crippen molar-refractivity contribution in [1.29, 1.82) is 0 Å². The molecule has 0 atom stereocenters. The highest BCUT2D eigenvalue weighted by Gasteiger charge is 2.10. The summed E-state index contributed by atoms with van der Waals surface area (Å²) in [5.74, 6) is 1.14. The van der Waals surface area contributed by atoms with Crippen molar-refractivity contribution in [3.63, 3.8) is 0 Å². The van der Waals surface area contributed by atoms with Crippen molar-refractivity contribution in [1.82, 2.24) is 4.98 Å². The first-order valence-corrected chi connectivity index (χ1v) is 11.0. The van der Waals surface area contributed by atoms with E-state index in [2.05, 4.69) is 15.6 Å². The van der Waals surface area contributed by atoms with Gasteiger partial charge in [0.05, 0.1) is 5.69 Å². The van der Waals surface area contributed by atoms with E-state index >= 15 is 0 Å². The Morgan fingerprint density at radius 3 is 2.19 bits per heavy atom. The quantitative estimate of drug-likeness (QED) is 0.363. The van der Waals surface area contributed by atoms with Gasteiger partial charge in [-0.25, -0.2) is 4.98 Å². The van der Waals surface area contributed by atoms with Gasteiger partial charge in [0.1, 0.15) is 11.5 Å². The number of thiazole rings is 1. The Morgan fingerprint density at radius 2 is 1.47 bits per heavy atom. The van der Waals surface area contributed by atoms with Crippen LogP contribution in [0.4, 0.5) is 10.8 Å². The molecule has 0 unspecified atom stereocenters. The number of benzene rings is 3. The van der Waals surface area contributed by atoms with Gasteiger partial charge in [-0.1, -0.05) is 36.4 Å². The molecule has 7 heteroatoms. The van der Waals surface area contributed by atoms with Gasteiger partial charge in [-0.3, -0.25) is 14.9 Å². The number of aromatic nitrogens is 1. The maximum atomic E-state index is 12.3. The van der Waals surface area contributed by atoms with E-state index in [0.717, 1.165) is 11.4 Å². The molecule has 0 aliphatic heterocycles. The maximum absolute atomic E-state index is 12.3. The molecule has 0 saturated heterocycles. The van der Waals surface area contributed by atoms with Crippen LogP contribution in [0.2, 0.25) is 0 Å². The average Bonchev–Trinajstić information content (AvgIpc) is 3.27. The lowest BCUT2D eigenvalue weighted by Gasteiger charge is -2.08. The van der Waals surface area contributed by atoms with Gasteiger partial charge < -0.3 is 10.1 Å². The van der Waals surface area contributed by atoms with Crippen molar-refractivity contribution in [3.05, 3.63) is 102 Å². The van der Waals surface area contributed by atoms with E-state index in [4.69, 9.17) is 4.74 Å². The van der Waals surface area contributed by atoms with Crippen molar-refractivity contribution >= 4 is 34.0 Å². The van der Waals surface area contributed by atoms with Crippen LogP contribution in [0.5, 0.6) is 11.5 Å². The molecule has 32 heavy (non-hydrogen) atoms. The summed E-state index contributed by atoms with van der Waals surface area (Å²) in [5, 5.41) is 8.03. The normalized spacial score (nSPS) is 10.4. The number of carbonyl (C=O) groups excluding carboxylic acids is 2. The number of nitrogens with zero attached hydrogens (tertiary/aromatic N) is 1. The van der Waals surface area contributed by atoms with E-state index in [9.17, 15) is 9.59 Å². The second-order valence-electron chi connectivity index (χ2n) is 6.95. The van der Waals surface area contributed by atoms with Gasteiger partial charge in [0.15, 0.2) is 5.13 Å². The van der Waals surface area contributed by atoms with Crippen molar-refractivity contribution in [2.75, 3.05) is 10.6 Å². The van der Waals surface area contributed by atoms with Crippen molar-refractivity contribution < 1.29 is 14.3 Å². The predicted octanol–water partition coefficient (Wildman–Crippen LogP) is 5.76. The van der Waals surface area contributed by atoms with Gasteiger partial charge in [0.2, 0.25) is 5.91 Å². The first-order chi connectivity index (χ1) is 15.7. The van der Waals surface area contributed by atoms with Gasteiger partial charge in [0, 0.05) is 23.1 Å². The highest BCUT2D eigenvalue weighted by molar-refractivity contribution is 7.14. The van der Waals surface area contributed by atoms with Gasteiger partial charge >= 0.3 is 0 Å². The zero-order valence-electron chi connectivity index (χ0n) is 17.2. The minimum atomic E-state index is -0.205. The van der Waals surface area contributed by atoms with Crippen LogP contribution in [0.3, 0.4) is 0 Å². The SMILES string of the molecule is O=C(CCc1csc(NC(=O)c2ccccc2)n1)Nc1ccc(Oc2ccccc2)cc1. The molecule has 1 heterocycles. The lowest BCUT2D eigenvalue weighted by molar-refractivity contribution is -0.116. The molecule has 2 N–H and O–H groups in total. The third-order valence-electron chi connectivity index (χ3n) is 4.53. The molecule has 160 valence electrons. The Morgan fingerprint density at radius 1 is 0.812 bits per heavy atom. The fraction of sp³-hybridized carbons (Fsp3) is 0.0800. The van der Waals surface area contributed by atoms with Crippen molar-refractivity contribution in [2.45, 2.75) is 12.8 Å². The number of anilines is 2. The van der Waals surface area contributed by atoms with E-state index in [1.807, 2.05) is 66.0 Å². The number of nitrogens with one attached hydrogen (secondary N) is 2. The molecular formula is C25H21N3O3S. The van der Waals surface area contributed by atoms with Crippen molar-refractivity contribution in [2.24, 2.45) is 0 Å². The summed E-state index contributed by atoms with van der Waals surface area (Å²) < 4.78 is 5.75. The fourth-order valence-electron chi connectivity index (χ4n) is 2.93. The molecule has 0 spiro atoms. The van der Waals surface area contributed by atoms with Gasteiger partial charge in [-0.15, -0.1) is 11.3 Å². The van der Waals surface area contributed by atoms with Crippen LogP contribution in [0.15, 0.2) is 90.3 Å². The molecule has 3 aromatic carbocycles. The summed E-state index contributed by atoms with van der Waals surface area (Å²) in [4.78, 5) is 28.9. The van der Waals surface area contributed by atoms with Crippen molar-refractivity contribution in [3.8, 4) is 11.5 Å². The zero-order chi connectivity index (χ0) is 22.2. The smallest absolute Gasteiger partial charge is 0.257 e. The Labute approximate surface area is 189 Å². The molecule has 4 rings (SSSR count). The van der Waals surface area contributed by atoms with Crippen LogP contribution in [0.25, 0.3) is 0 Å². The molecule has 0 aliphatic carbocycles. The first-order valence-electron chi connectivity index (χ1n) is 10.1. The number of para-hydroxylation sites is 1. The highest BCUT2D eigenvalue weighted by Crippen LogP contribution is 2.23. The molecule has 1 aromatic heterocycles. The lowest BCUT2D eigenvalue weighted by Crippen LogP contribution is -2.13. The summed E-state index contributed by atoms with van der Waals surface area (Å²) in [6, 6.07) is 25.7. The van der Waals surface area contributed by atoms with Gasteiger partial charge in [0.25, 0.3) is 5.91 Å². The monoisotopic (exact) mass is 443 g/mol. The van der Waals surface area contributed by atoms with Crippen LogP contribution in [-0.2, 0) is 11.2 Å². The standard InChI is InChI=1S/C25H21N3O3S/c29-23(26-19-11-14-22(15-12-19)31-21-9-5-2-6-10-21)16-13-20-17-32-25(27-20)28-24(30)18-7-3-1-4-8-18/h1-12,14-15,17H,13,16H2,(H,26,29)(H,27,28,30). The molecule has 0 bridgehead atoms. The second-order valence-corrected chi connectivity index (χ2v) is 7.81. The summed E-state index contributed by atoms with van der Waals surface area (Å²) in [6.07, 6.45) is 0.775. The topological polar surface area (TPSA) is 80.3 Å². The largest absolute Gasteiger partial charge is 0.457 e. The van der Waals surface area contributed by atoms with E-state index < -0.39 is 0 Å². The average molecular weight is 444 g/mol. The van der Waals surface area contributed by atoms with E-state index in [0.29, 0.717) is 28.6 Å². The number of hydrogen-bond donors (Lipinski definition) is 2. The summed E-state index contributed by atoms with van der Waals surface area (Å²) in [5.41, 5.74) is 2.04. The lowest BCUT2D eigenvalue weighted by atomic mass is 10.2. The molecule has 0 radical (unpaired) electrons. The minimum absolute atomic E-state index is 0.107. The van der Waals surface area contributed by atoms with E-state index in [1.165, 1.54) is 11.3 Å². The Balaban J connectivity index is 1.24. The maximum Gasteiger partial charge on any atom is 0.257 e. The predicted molar refractivity (Wildman–Crippen MR) is 126 cm³/mol. The number of aryl methyl sites for hydroxylation is 1. The summed E-state index contributed by atoms with van der Waals surface area (Å²) >= 11 is 1.34. The Bertz CT molecular complexity index is 1180. The zero-order valence-corrected chi connectivity index (χ0v) is 18.0. The first kappa shape index (κ1) is 21.3.